The van der Waals surface area contributed by atoms with Gasteiger partial charge in [0.05, 0.1) is 0 Å². The molecule has 208 valence electrons. The Morgan fingerprint density at radius 1 is 0.643 bits per heavy atom. The summed E-state index contributed by atoms with van der Waals surface area (Å²) in [6.07, 6.45) is 12.3. The first-order valence-electron chi connectivity index (χ1n) is 15.5. The third-order valence-corrected chi connectivity index (χ3v) is 10.1. The first kappa shape index (κ1) is 25.4. The highest BCUT2D eigenvalue weighted by Crippen LogP contribution is 2.61. The van der Waals surface area contributed by atoms with Gasteiger partial charge in [0.1, 0.15) is 5.75 Å². The number of hydrogen-bond donors (Lipinski definition) is 0. The number of benzene rings is 5. The molecular formula is C40H37NO. The topological polar surface area (TPSA) is 12.5 Å². The zero-order valence-electron chi connectivity index (χ0n) is 24.6. The maximum Gasteiger partial charge on any atom is 0.178 e. The van der Waals surface area contributed by atoms with E-state index >= 15 is 0 Å². The minimum atomic E-state index is -0.724. The van der Waals surface area contributed by atoms with Crippen LogP contribution < -0.4 is 9.64 Å². The molecule has 1 spiro atoms. The van der Waals surface area contributed by atoms with E-state index in [1.165, 1.54) is 82.8 Å². The van der Waals surface area contributed by atoms with Crippen molar-refractivity contribution in [1.29, 1.82) is 0 Å². The van der Waals surface area contributed by atoms with Crippen LogP contribution in [0.5, 0.6) is 5.75 Å². The van der Waals surface area contributed by atoms with E-state index in [4.69, 9.17) is 4.74 Å². The van der Waals surface area contributed by atoms with Gasteiger partial charge in [0, 0.05) is 47.3 Å². The van der Waals surface area contributed by atoms with E-state index in [1.807, 2.05) is 0 Å². The number of hydrogen-bond acceptors (Lipinski definition) is 2. The lowest BCUT2D eigenvalue weighted by atomic mass is 9.70. The Kier molecular flexibility index (Phi) is 5.83. The van der Waals surface area contributed by atoms with Gasteiger partial charge in [-0.15, -0.1) is 0 Å². The van der Waals surface area contributed by atoms with Gasteiger partial charge in [-0.25, -0.2) is 0 Å². The summed E-state index contributed by atoms with van der Waals surface area (Å²) < 4.78 is 7.49. The van der Waals surface area contributed by atoms with Crippen molar-refractivity contribution in [2.75, 3.05) is 19.0 Å². The molecule has 1 heterocycles. The van der Waals surface area contributed by atoms with Gasteiger partial charge in [-0.05, 0) is 58.7 Å². The molecule has 1 unspecified atom stereocenters. The smallest absolute Gasteiger partial charge is 0.178 e. The minimum Gasteiger partial charge on any atom is -0.472 e. The highest BCUT2D eigenvalue weighted by atomic mass is 16.5. The summed E-state index contributed by atoms with van der Waals surface area (Å²) in [6, 6.07) is 37.8. The molecule has 2 nitrogen and oxygen atoms in total. The van der Waals surface area contributed by atoms with Crippen molar-refractivity contribution >= 4 is 22.5 Å². The zero-order valence-corrected chi connectivity index (χ0v) is 24.6. The predicted octanol–water partition coefficient (Wildman–Crippen LogP) is 9.88. The average Bonchev–Trinajstić information content (AvgIpc) is 3.15. The molecule has 0 bridgehead atoms. The fourth-order valence-corrected chi connectivity index (χ4v) is 8.14. The molecule has 1 atom stereocenters. The summed E-state index contributed by atoms with van der Waals surface area (Å²) in [7, 11) is 4.17. The first-order chi connectivity index (χ1) is 20.6. The Morgan fingerprint density at radius 3 is 2.02 bits per heavy atom. The molecule has 2 heteroatoms. The lowest BCUT2D eigenvalue weighted by Crippen LogP contribution is -2.35. The molecule has 5 aromatic carbocycles. The standard InChI is InChI=1S/C40H37NO/c1-41(2)30-22-20-29(21-23-30)40(28-14-6-5-7-15-28)27-24-34-37-36(31-16-8-9-17-32(31)38(34)42-40)33-18-10-11-19-35(33)39(37)25-12-3-4-13-26-39/h5-11,14-24,27H,3-4,12-13,25-26H2,1-2H3. The lowest BCUT2D eigenvalue weighted by Gasteiger charge is -2.39. The van der Waals surface area contributed by atoms with Gasteiger partial charge in [-0.2, -0.15) is 0 Å². The molecule has 3 aliphatic rings. The van der Waals surface area contributed by atoms with Crippen molar-refractivity contribution in [3.8, 4) is 16.9 Å². The van der Waals surface area contributed by atoms with Gasteiger partial charge in [-0.1, -0.05) is 123 Å². The molecule has 0 aromatic heterocycles. The van der Waals surface area contributed by atoms with Crippen LogP contribution in [0.1, 0.15) is 66.3 Å². The average molecular weight is 548 g/mol. The van der Waals surface area contributed by atoms with Crippen LogP contribution in [0.15, 0.2) is 109 Å². The number of rotatable bonds is 3. The highest BCUT2D eigenvalue weighted by molar-refractivity contribution is 6.08. The molecule has 0 radical (unpaired) electrons. The van der Waals surface area contributed by atoms with E-state index in [2.05, 4.69) is 134 Å². The van der Waals surface area contributed by atoms with Crippen molar-refractivity contribution < 1.29 is 4.74 Å². The molecule has 0 amide bonds. The summed E-state index contributed by atoms with van der Waals surface area (Å²) in [6.45, 7) is 0. The maximum absolute atomic E-state index is 7.49. The van der Waals surface area contributed by atoms with Crippen LogP contribution in [0, 0.1) is 0 Å². The summed E-state index contributed by atoms with van der Waals surface area (Å²) in [5.74, 6) is 1.02. The Morgan fingerprint density at radius 2 is 1.29 bits per heavy atom. The van der Waals surface area contributed by atoms with E-state index in [1.54, 1.807) is 0 Å². The number of anilines is 1. The molecular weight excluding hydrogens is 510 g/mol. The first-order valence-corrected chi connectivity index (χ1v) is 15.5. The van der Waals surface area contributed by atoms with Gasteiger partial charge in [0.15, 0.2) is 5.60 Å². The fourth-order valence-electron chi connectivity index (χ4n) is 8.14. The van der Waals surface area contributed by atoms with Crippen molar-refractivity contribution in [2.24, 2.45) is 0 Å². The number of ether oxygens (including phenoxy) is 1. The van der Waals surface area contributed by atoms with Gasteiger partial charge < -0.3 is 9.64 Å². The van der Waals surface area contributed by atoms with Crippen molar-refractivity contribution in [1.82, 2.24) is 0 Å². The van der Waals surface area contributed by atoms with E-state index in [0.29, 0.717) is 0 Å². The summed E-state index contributed by atoms with van der Waals surface area (Å²) in [4.78, 5) is 2.15. The third-order valence-electron chi connectivity index (χ3n) is 10.1. The van der Waals surface area contributed by atoms with E-state index in [9.17, 15) is 0 Å². The Labute approximate surface area is 249 Å². The van der Waals surface area contributed by atoms with Gasteiger partial charge in [0.25, 0.3) is 0 Å². The second-order valence-electron chi connectivity index (χ2n) is 12.6. The van der Waals surface area contributed by atoms with Crippen LogP contribution in [0.2, 0.25) is 0 Å². The van der Waals surface area contributed by atoms with Crippen LogP contribution in [0.4, 0.5) is 5.69 Å². The Hall–Kier alpha value is -4.30. The second-order valence-corrected chi connectivity index (χ2v) is 12.6. The summed E-state index contributed by atoms with van der Waals surface area (Å²) in [5.41, 5.74) is 9.91. The molecule has 42 heavy (non-hydrogen) atoms. The van der Waals surface area contributed by atoms with Crippen LogP contribution >= 0.6 is 0 Å². The van der Waals surface area contributed by atoms with Crippen LogP contribution in [-0.2, 0) is 11.0 Å². The fraction of sp³-hybridized carbons (Fsp3) is 0.250. The summed E-state index contributed by atoms with van der Waals surface area (Å²) >= 11 is 0. The Bertz CT molecular complexity index is 1820. The Balaban J connectivity index is 1.43. The van der Waals surface area contributed by atoms with E-state index in [0.717, 1.165) is 16.9 Å². The second kappa shape index (κ2) is 9.63. The largest absolute Gasteiger partial charge is 0.472 e. The normalized spacial score (nSPS) is 20.0. The van der Waals surface area contributed by atoms with Gasteiger partial charge >= 0.3 is 0 Å². The SMILES string of the molecule is CN(C)c1ccc(C2(c3ccccc3)C=Cc3c4c(c5ccccc5c3O2)-c2ccccc2C42CCCCCC2)cc1. The molecule has 1 saturated carbocycles. The van der Waals surface area contributed by atoms with Gasteiger partial charge in [0.2, 0.25) is 0 Å². The third kappa shape index (κ3) is 3.57. The van der Waals surface area contributed by atoms with Crippen LogP contribution in [-0.4, -0.2) is 14.1 Å². The zero-order chi connectivity index (χ0) is 28.3. The number of fused-ring (bicyclic) bond motifs is 10. The lowest BCUT2D eigenvalue weighted by molar-refractivity contribution is 0.163. The molecule has 5 aromatic rings. The van der Waals surface area contributed by atoms with Crippen LogP contribution in [0.3, 0.4) is 0 Å². The molecule has 1 aliphatic heterocycles. The van der Waals surface area contributed by atoms with Crippen molar-refractivity contribution in [3.63, 3.8) is 0 Å². The quantitative estimate of drug-likeness (QED) is 0.223. The van der Waals surface area contributed by atoms with E-state index in [-0.39, 0.29) is 5.41 Å². The summed E-state index contributed by atoms with van der Waals surface area (Å²) in [5, 5.41) is 2.50. The monoisotopic (exact) mass is 547 g/mol. The molecule has 0 N–H and O–H groups in total. The van der Waals surface area contributed by atoms with Gasteiger partial charge in [-0.3, -0.25) is 0 Å². The molecule has 2 aliphatic carbocycles. The molecule has 1 fully saturated rings. The highest BCUT2D eigenvalue weighted by Gasteiger charge is 2.48. The maximum atomic E-state index is 7.49. The van der Waals surface area contributed by atoms with Crippen molar-refractivity contribution in [3.05, 3.63) is 137 Å². The molecule has 0 saturated heterocycles. The van der Waals surface area contributed by atoms with Crippen molar-refractivity contribution in [2.45, 2.75) is 49.5 Å². The molecule has 8 rings (SSSR count). The van der Waals surface area contributed by atoms with Crippen LogP contribution in [0.25, 0.3) is 28.0 Å². The predicted molar refractivity (Wildman–Crippen MR) is 176 cm³/mol. The van der Waals surface area contributed by atoms with E-state index < -0.39 is 5.60 Å². The number of nitrogens with zero attached hydrogens (tertiary/aromatic N) is 1. The minimum absolute atomic E-state index is 0.0321.